The number of nitrogens with zero attached hydrogens (tertiary/aromatic N) is 2. The Morgan fingerprint density at radius 1 is 1.07 bits per heavy atom. The van der Waals surface area contributed by atoms with Crippen LogP contribution in [0.2, 0.25) is 0 Å². The van der Waals surface area contributed by atoms with Crippen molar-refractivity contribution in [3.8, 4) is 11.3 Å². The molecule has 0 amide bonds. The topological polar surface area (TPSA) is 50.3 Å². The highest BCUT2D eigenvalue weighted by Gasteiger charge is 2.33. The highest BCUT2D eigenvalue weighted by atomic mass is 79.9. The molecular weight excluding hydrogens is 482 g/mol. The van der Waals surface area contributed by atoms with Gasteiger partial charge < -0.3 is 4.90 Å². The van der Waals surface area contributed by atoms with Crippen LogP contribution < -0.4 is 4.90 Å². The second-order valence-corrected chi connectivity index (χ2v) is 10.7. The SMILES string of the molecule is O=S(=O)(c1ccccc1Br)C1CCN(c2nc(-c3ccc(F)c(F)c3)cs2)CC1. The Bertz CT molecular complexity index is 1140. The van der Waals surface area contributed by atoms with Crippen LogP contribution in [0.3, 0.4) is 0 Å². The number of benzene rings is 2. The predicted molar refractivity (Wildman–Crippen MR) is 114 cm³/mol. The first-order valence-corrected chi connectivity index (χ1v) is 12.2. The van der Waals surface area contributed by atoms with Crippen molar-refractivity contribution in [2.45, 2.75) is 23.0 Å². The number of piperidine rings is 1. The monoisotopic (exact) mass is 498 g/mol. The number of hydrogen-bond acceptors (Lipinski definition) is 5. The van der Waals surface area contributed by atoms with Gasteiger partial charge in [0.2, 0.25) is 0 Å². The molecule has 29 heavy (non-hydrogen) atoms. The van der Waals surface area contributed by atoms with Crippen LogP contribution in [0.5, 0.6) is 0 Å². The van der Waals surface area contributed by atoms with Crippen LogP contribution in [-0.4, -0.2) is 31.7 Å². The molecule has 1 aromatic heterocycles. The number of sulfone groups is 1. The summed E-state index contributed by atoms with van der Waals surface area (Å²) in [5.74, 6) is -1.80. The van der Waals surface area contributed by atoms with Crippen molar-refractivity contribution in [3.63, 3.8) is 0 Å². The van der Waals surface area contributed by atoms with E-state index in [1.54, 1.807) is 29.6 Å². The zero-order valence-corrected chi connectivity index (χ0v) is 18.4. The molecule has 0 spiro atoms. The van der Waals surface area contributed by atoms with E-state index < -0.39 is 26.7 Å². The molecule has 1 fully saturated rings. The average molecular weight is 499 g/mol. The van der Waals surface area contributed by atoms with Gasteiger partial charge in [-0.1, -0.05) is 12.1 Å². The third-order valence-electron chi connectivity index (χ3n) is 5.00. The lowest BCUT2D eigenvalue weighted by molar-refractivity contribution is 0.509. The molecule has 152 valence electrons. The van der Waals surface area contributed by atoms with Crippen molar-refractivity contribution < 1.29 is 17.2 Å². The molecule has 0 radical (unpaired) electrons. The Morgan fingerprint density at radius 2 is 1.79 bits per heavy atom. The molecule has 1 aliphatic rings. The molecule has 0 N–H and O–H groups in total. The Kier molecular flexibility index (Phi) is 5.72. The molecule has 0 atom stereocenters. The van der Waals surface area contributed by atoms with Gasteiger partial charge in [-0.05, 0) is 59.1 Å². The van der Waals surface area contributed by atoms with Gasteiger partial charge in [0.1, 0.15) is 0 Å². The number of anilines is 1. The van der Waals surface area contributed by atoms with E-state index in [2.05, 4.69) is 20.9 Å². The first-order valence-electron chi connectivity index (χ1n) is 9.00. The van der Waals surface area contributed by atoms with Crippen molar-refractivity contribution in [3.05, 3.63) is 64.0 Å². The maximum atomic E-state index is 13.5. The fraction of sp³-hybridized carbons (Fsp3) is 0.250. The zero-order valence-electron chi connectivity index (χ0n) is 15.2. The highest BCUT2D eigenvalue weighted by Crippen LogP contribution is 2.33. The first kappa shape index (κ1) is 20.4. The maximum Gasteiger partial charge on any atom is 0.185 e. The zero-order chi connectivity index (χ0) is 20.6. The number of hydrogen-bond donors (Lipinski definition) is 0. The van der Waals surface area contributed by atoms with Crippen LogP contribution in [0.4, 0.5) is 13.9 Å². The van der Waals surface area contributed by atoms with Crippen molar-refractivity contribution in [1.82, 2.24) is 4.98 Å². The normalized spacial score (nSPS) is 15.6. The lowest BCUT2D eigenvalue weighted by Crippen LogP contribution is -2.39. The fourth-order valence-electron chi connectivity index (χ4n) is 3.41. The minimum atomic E-state index is -3.41. The molecule has 0 unspecified atom stereocenters. The molecule has 0 bridgehead atoms. The molecule has 0 aliphatic carbocycles. The number of halogens is 3. The van der Waals surface area contributed by atoms with E-state index in [9.17, 15) is 17.2 Å². The van der Waals surface area contributed by atoms with E-state index in [0.29, 0.717) is 46.6 Å². The van der Waals surface area contributed by atoms with E-state index in [1.165, 1.54) is 17.4 Å². The summed E-state index contributed by atoms with van der Waals surface area (Å²) in [7, 11) is -3.41. The van der Waals surface area contributed by atoms with Crippen LogP contribution in [0.1, 0.15) is 12.8 Å². The van der Waals surface area contributed by atoms with Gasteiger partial charge in [-0.2, -0.15) is 0 Å². The van der Waals surface area contributed by atoms with Gasteiger partial charge in [0.25, 0.3) is 0 Å². The van der Waals surface area contributed by atoms with E-state index in [-0.39, 0.29) is 0 Å². The lowest BCUT2D eigenvalue weighted by atomic mass is 10.1. The number of thiazole rings is 1. The maximum absolute atomic E-state index is 13.5. The summed E-state index contributed by atoms with van der Waals surface area (Å²) < 4.78 is 53.1. The Balaban J connectivity index is 1.47. The van der Waals surface area contributed by atoms with Crippen molar-refractivity contribution in [2.75, 3.05) is 18.0 Å². The molecular formula is C20H17BrF2N2O2S2. The van der Waals surface area contributed by atoms with Gasteiger partial charge in [-0.25, -0.2) is 22.2 Å². The van der Waals surface area contributed by atoms with Gasteiger partial charge in [0.15, 0.2) is 26.6 Å². The first-order chi connectivity index (χ1) is 13.9. The largest absolute Gasteiger partial charge is 0.348 e. The van der Waals surface area contributed by atoms with Crippen LogP contribution in [-0.2, 0) is 9.84 Å². The Hall–Kier alpha value is -1.84. The standard InChI is InChI=1S/C20H17BrF2N2O2S2/c21-15-3-1-2-4-19(15)29(26,27)14-7-9-25(10-8-14)20-24-18(12-28-20)13-5-6-16(22)17(23)11-13/h1-6,11-12,14H,7-10H2. The summed E-state index contributed by atoms with van der Waals surface area (Å²) >= 11 is 4.74. The smallest absolute Gasteiger partial charge is 0.185 e. The van der Waals surface area contributed by atoms with Crippen LogP contribution >= 0.6 is 27.3 Å². The van der Waals surface area contributed by atoms with Crippen molar-refractivity contribution in [2.24, 2.45) is 0 Å². The van der Waals surface area contributed by atoms with E-state index in [1.807, 2.05) is 4.90 Å². The molecule has 1 saturated heterocycles. The van der Waals surface area contributed by atoms with Crippen LogP contribution in [0.25, 0.3) is 11.3 Å². The number of aromatic nitrogens is 1. The molecule has 4 rings (SSSR count). The predicted octanol–water partition coefficient (Wildman–Crippen LogP) is 5.29. The summed E-state index contributed by atoms with van der Waals surface area (Å²) in [5, 5.41) is 2.11. The molecule has 4 nitrogen and oxygen atoms in total. The van der Waals surface area contributed by atoms with Gasteiger partial charge in [0.05, 0.1) is 15.8 Å². The van der Waals surface area contributed by atoms with Gasteiger partial charge >= 0.3 is 0 Å². The molecule has 2 heterocycles. The fourth-order valence-corrected chi connectivity index (χ4v) is 7.06. The molecule has 9 heteroatoms. The quantitative estimate of drug-likeness (QED) is 0.490. The third kappa shape index (κ3) is 4.08. The Labute approximate surface area is 180 Å². The van der Waals surface area contributed by atoms with Gasteiger partial charge in [-0.15, -0.1) is 11.3 Å². The second-order valence-electron chi connectivity index (χ2n) is 6.81. The Morgan fingerprint density at radius 3 is 2.48 bits per heavy atom. The minimum absolute atomic E-state index is 0.327. The molecule has 2 aromatic carbocycles. The van der Waals surface area contributed by atoms with Gasteiger partial charge in [0, 0.05) is 28.5 Å². The summed E-state index contributed by atoms with van der Waals surface area (Å²) in [4.78, 5) is 6.90. The number of rotatable bonds is 4. The average Bonchev–Trinajstić information content (AvgIpc) is 3.20. The molecule has 3 aromatic rings. The second kappa shape index (κ2) is 8.12. The third-order valence-corrected chi connectivity index (χ3v) is 9.18. The summed E-state index contributed by atoms with van der Waals surface area (Å²) in [5.41, 5.74) is 1.09. The van der Waals surface area contributed by atoms with E-state index in [0.717, 1.165) is 17.3 Å². The van der Waals surface area contributed by atoms with E-state index in [4.69, 9.17) is 0 Å². The molecule has 1 aliphatic heterocycles. The van der Waals surface area contributed by atoms with Crippen LogP contribution in [0, 0.1) is 11.6 Å². The summed E-state index contributed by atoms with van der Waals surface area (Å²) in [6.07, 6.45) is 1.01. The lowest BCUT2D eigenvalue weighted by Gasteiger charge is -2.31. The summed E-state index contributed by atoms with van der Waals surface area (Å²) in [6.45, 7) is 1.14. The van der Waals surface area contributed by atoms with E-state index >= 15 is 0 Å². The van der Waals surface area contributed by atoms with Gasteiger partial charge in [-0.3, -0.25) is 0 Å². The summed E-state index contributed by atoms with van der Waals surface area (Å²) in [6, 6.07) is 10.6. The van der Waals surface area contributed by atoms with Crippen molar-refractivity contribution in [1.29, 1.82) is 0 Å². The van der Waals surface area contributed by atoms with Crippen LogP contribution in [0.15, 0.2) is 57.2 Å². The van der Waals surface area contributed by atoms with Crippen molar-refractivity contribution >= 4 is 42.2 Å². The molecule has 0 saturated carbocycles. The minimum Gasteiger partial charge on any atom is -0.348 e. The highest BCUT2D eigenvalue weighted by molar-refractivity contribution is 9.10.